The smallest absolute Gasteiger partial charge is 0.0588 e. The van der Waals surface area contributed by atoms with Gasteiger partial charge in [-0.15, -0.1) is 0 Å². The van der Waals surface area contributed by atoms with Crippen molar-refractivity contribution in [3.05, 3.63) is 0 Å². The predicted octanol–water partition coefficient (Wildman–Crippen LogP) is 2.17. The van der Waals surface area contributed by atoms with Crippen LogP contribution in [-0.4, -0.2) is 38.9 Å². The highest BCUT2D eigenvalue weighted by Gasteiger charge is 2.19. The van der Waals surface area contributed by atoms with Gasteiger partial charge in [0, 0.05) is 6.61 Å². The summed E-state index contributed by atoms with van der Waals surface area (Å²) in [7, 11) is 0. The fourth-order valence-corrected chi connectivity index (χ4v) is 3.19. The second-order valence-electron chi connectivity index (χ2n) is 6.05. The molecule has 2 saturated heterocycles. The molecule has 2 N–H and O–H groups in total. The molecule has 3 unspecified atom stereocenters. The largest absolute Gasteiger partial charge is 0.378 e. The molecule has 2 rings (SSSR count). The number of ether oxygens (including phenoxy) is 1. The minimum absolute atomic E-state index is 0.539. The van der Waals surface area contributed by atoms with Gasteiger partial charge in [0.1, 0.15) is 0 Å². The Morgan fingerprint density at radius 1 is 1.28 bits per heavy atom. The van der Waals surface area contributed by atoms with Crippen molar-refractivity contribution < 1.29 is 4.74 Å². The van der Waals surface area contributed by atoms with Crippen molar-refractivity contribution in [2.45, 2.75) is 51.6 Å². The van der Waals surface area contributed by atoms with Gasteiger partial charge in [-0.3, -0.25) is 0 Å². The summed E-state index contributed by atoms with van der Waals surface area (Å²) in [5.74, 6) is 1.76. The quantitative estimate of drug-likeness (QED) is 0.683. The summed E-state index contributed by atoms with van der Waals surface area (Å²) in [5.41, 5.74) is 0. The van der Waals surface area contributed by atoms with Crippen molar-refractivity contribution in [1.82, 2.24) is 10.6 Å². The first-order valence-electron chi connectivity index (χ1n) is 7.89. The summed E-state index contributed by atoms with van der Waals surface area (Å²) in [6.45, 7) is 8.15. The lowest BCUT2D eigenvalue weighted by Crippen LogP contribution is -2.34. The Morgan fingerprint density at radius 3 is 2.94 bits per heavy atom. The van der Waals surface area contributed by atoms with Gasteiger partial charge >= 0.3 is 0 Å². The summed E-state index contributed by atoms with van der Waals surface area (Å²) in [5, 5.41) is 7.10. The summed E-state index contributed by atoms with van der Waals surface area (Å²) in [6.07, 6.45) is 8.36. The normalized spacial score (nSPS) is 30.5. The van der Waals surface area contributed by atoms with E-state index in [2.05, 4.69) is 17.6 Å². The summed E-state index contributed by atoms with van der Waals surface area (Å²) >= 11 is 0. The molecular weight excluding hydrogens is 224 g/mol. The van der Waals surface area contributed by atoms with Gasteiger partial charge in [-0.1, -0.05) is 6.92 Å². The zero-order chi connectivity index (χ0) is 12.6. The number of piperidine rings is 1. The molecule has 3 atom stereocenters. The molecule has 2 heterocycles. The average Bonchev–Trinajstić information content (AvgIpc) is 2.92. The van der Waals surface area contributed by atoms with Crippen molar-refractivity contribution in [3.8, 4) is 0 Å². The zero-order valence-corrected chi connectivity index (χ0v) is 11.9. The molecule has 0 aromatic carbocycles. The lowest BCUT2D eigenvalue weighted by molar-refractivity contribution is 0.104. The van der Waals surface area contributed by atoms with Crippen molar-refractivity contribution in [1.29, 1.82) is 0 Å². The minimum Gasteiger partial charge on any atom is -0.378 e. The first kappa shape index (κ1) is 14.3. The third kappa shape index (κ3) is 4.87. The lowest BCUT2D eigenvalue weighted by atomic mass is 9.85. The first-order valence-corrected chi connectivity index (χ1v) is 7.89. The van der Waals surface area contributed by atoms with E-state index in [-0.39, 0.29) is 0 Å². The molecule has 2 aliphatic heterocycles. The van der Waals surface area contributed by atoms with Gasteiger partial charge < -0.3 is 15.4 Å². The van der Waals surface area contributed by atoms with Crippen LogP contribution in [0.4, 0.5) is 0 Å². The molecule has 0 aliphatic carbocycles. The highest BCUT2D eigenvalue weighted by Crippen LogP contribution is 2.22. The van der Waals surface area contributed by atoms with Crippen molar-refractivity contribution in [2.75, 3.05) is 32.8 Å². The third-order valence-electron chi connectivity index (χ3n) is 4.58. The summed E-state index contributed by atoms with van der Waals surface area (Å²) in [6, 6.07) is 0. The molecule has 0 radical (unpaired) electrons. The molecule has 3 heteroatoms. The highest BCUT2D eigenvalue weighted by molar-refractivity contribution is 4.74. The lowest BCUT2D eigenvalue weighted by Gasteiger charge is -2.28. The second kappa shape index (κ2) is 8.13. The van der Waals surface area contributed by atoms with Crippen molar-refractivity contribution in [2.24, 2.45) is 11.8 Å². The molecule has 0 aromatic heterocycles. The Hall–Kier alpha value is -0.120. The Morgan fingerprint density at radius 2 is 2.22 bits per heavy atom. The molecule has 0 bridgehead atoms. The maximum atomic E-state index is 5.63. The van der Waals surface area contributed by atoms with Gasteiger partial charge in [-0.05, 0) is 76.5 Å². The standard InChI is InChI=1S/C15H30N2O/c1-13(14-4-2-8-17-12-14)6-9-16-10-7-15-5-3-11-18-15/h13-17H,2-12H2,1H3. The Bertz CT molecular complexity index is 211. The molecule has 2 aliphatic rings. The zero-order valence-electron chi connectivity index (χ0n) is 11.9. The van der Waals surface area contributed by atoms with E-state index in [1.165, 1.54) is 58.2 Å². The third-order valence-corrected chi connectivity index (χ3v) is 4.58. The number of rotatable bonds is 7. The second-order valence-corrected chi connectivity index (χ2v) is 6.05. The summed E-state index contributed by atoms with van der Waals surface area (Å²) < 4.78 is 5.63. The molecule has 0 aromatic rings. The van der Waals surface area contributed by atoms with Crippen LogP contribution in [0.25, 0.3) is 0 Å². The molecule has 0 saturated carbocycles. The van der Waals surface area contributed by atoms with E-state index in [0.29, 0.717) is 6.10 Å². The molecule has 3 nitrogen and oxygen atoms in total. The molecule has 2 fully saturated rings. The van der Waals surface area contributed by atoms with Gasteiger partial charge in [0.15, 0.2) is 0 Å². The summed E-state index contributed by atoms with van der Waals surface area (Å²) in [4.78, 5) is 0. The van der Waals surface area contributed by atoms with Gasteiger partial charge in [0.25, 0.3) is 0 Å². The number of hydrogen-bond acceptors (Lipinski definition) is 3. The van der Waals surface area contributed by atoms with Crippen LogP contribution in [0.15, 0.2) is 0 Å². The van der Waals surface area contributed by atoms with Crippen LogP contribution in [0.5, 0.6) is 0 Å². The molecule has 0 spiro atoms. The minimum atomic E-state index is 0.539. The van der Waals surface area contributed by atoms with E-state index in [1.54, 1.807) is 0 Å². The number of hydrogen-bond donors (Lipinski definition) is 2. The van der Waals surface area contributed by atoms with Crippen LogP contribution in [0, 0.1) is 11.8 Å². The Kier molecular flexibility index (Phi) is 6.46. The maximum absolute atomic E-state index is 5.63. The highest BCUT2D eigenvalue weighted by atomic mass is 16.5. The van der Waals surface area contributed by atoms with E-state index in [0.717, 1.165) is 25.0 Å². The van der Waals surface area contributed by atoms with E-state index in [4.69, 9.17) is 4.74 Å². The predicted molar refractivity (Wildman–Crippen MR) is 75.8 cm³/mol. The first-order chi connectivity index (χ1) is 8.86. The maximum Gasteiger partial charge on any atom is 0.0588 e. The fraction of sp³-hybridized carbons (Fsp3) is 1.00. The van der Waals surface area contributed by atoms with Crippen LogP contribution in [0.1, 0.15) is 45.4 Å². The molecule has 106 valence electrons. The van der Waals surface area contributed by atoms with Gasteiger partial charge in [0.05, 0.1) is 6.10 Å². The number of nitrogens with one attached hydrogen (secondary N) is 2. The fourth-order valence-electron chi connectivity index (χ4n) is 3.19. The van der Waals surface area contributed by atoms with E-state index < -0.39 is 0 Å². The molecule has 18 heavy (non-hydrogen) atoms. The van der Waals surface area contributed by atoms with Crippen LogP contribution in [-0.2, 0) is 4.74 Å². The topological polar surface area (TPSA) is 33.3 Å². The van der Waals surface area contributed by atoms with Gasteiger partial charge in [-0.25, -0.2) is 0 Å². The van der Waals surface area contributed by atoms with E-state index in [1.807, 2.05) is 0 Å². The van der Waals surface area contributed by atoms with Crippen molar-refractivity contribution >= 4 is 0 Å². The van der Waals surface area contributed by atoms with Crippen LogP contribution in [0.2, 0.25) is 0 Å². The van der Waals surface area contributed by atoms with E-state index in [9.17, 15) is 0 Å². The Labute approximate surface area is 112 Å². The van der Waals surface area contributed by atoms with Crippen LogP contribution >= 0.6 is 0 Å². The monoisotopic (exact) mass is 254 g/mol. The van der Waals surface area contributed by atoms with Gasteiger partial charge in [-0.2, -0.15) is 0 Å². The van der Waals surface area contributed by atoms with E-state index >= 15 is 0 Å². The van der Waals surface area contributed by atoms with Crippen molar-refractivity contribution in [3.63, 3.8) is 0 Å². The average molecular weight is 254 g/mol. The molecular formula is C15H30N2O. The molecule has 0 amide bonds. The van der Waals surface area contributed by atoms with Crippen LogP contribution < -0.4 is 10.6 Å². The van der Waals surface area contributed by atoms with Crippen LogP contribution in [0.3, 0.4) is 0 Å². The SMILES string of the molecule is CC(CCNCCC1CCCO1)C1CCCNC1. The van der Waals surface area contributed by atoms with Gasteiger partial charge in [0.2, 0.25) is 0 Å². The Balaban J connectivity index is 1.46.